The molecule has 6 aliphatic carbocycles. The molecule has 0 aromatic heterocycles. The largest absolute Gasteiger partial charge is 0.485 e. The molecule has 0 saturated heterocycles. The molecule has 1 spiro atoms. The van der Waals surface area contributed by atoms with Crippen LogP contribution in [0.25, 0.3) is 22.4 Å². The zero-order valence-corrected chi connectivity index (χ0v) is 33.6. The van der Waals surface area contributed by atoms with Crippen molar-refractivity contribution in [1.29, 1.82) is 0 Å². The summed E-state index contributed by atoms with van der Waals surface area (Å²) in [4.78, 5) is 0. The molecule has 4 aromatic carbocycles. The summed E-state index contributed by atoms with van der Waals surface area (Å²) in [6.45, 7) is 4.92. The lowest BCUT2D eigenvalue weighted by molar-refractivity contribution is 0.0961. The van der Waals surface area contributed by atoms with Gasteiger partial charge in [0.15, 0.2) is 0 Å². The third kappa shape index (κ3) is 5.15. The van der Waals surface area contributed by atoms with Crippen molar-refractivity contribution in [1.82, 2.24) is 10.6 Å². The zero-order valence-electron chi connectivity index (χ0n) is 33.6. The highest BCUT2D eigenvalue weighted by atomic mass is 16.5. The summed E-state index contributed by atoms with van der Waals surface area (Å²) < 4.78 is 6.92. The van der Waals surface area contributed by atoms with Gasteiger partial charge in [-0.1, -0.05) is 166 Å². The fourth-order valence-corrected chi connectivity index (χ4v) is 12.7. The SMILES string of the molecule is CC1(C)C2=CC3C4=CC=CCC4C4(CCCCC4)C3C=C2c2cc(-c3ccc4c(c3)C3C=CC=C(C5C=C(c6ccccc6)NC(c6ccccc6)N5)C3O4)ccc21. The Morgan fingerprint density at radius 2 is 1.48 bits per heavy atom. The van der Waals surface area contributed by atoms with Crippen molar-refractivity contribution in [2.75, 3.05) is 0 Å². The highest BCUT2D eigenvalue weighted by molar-refractivity contribution is 5.93. The number of hydrogen-bond acceptors (Lipinski definition) is 3. The molecule has 8 aliphatic rings. The van der Waals surface area contributed by atoms with Gasteiger partial charge in [-0.25, -0.2) is 0 Å². The molecule has 2 fully saturated rings. The van der Waals surface area contributed by atoms with Crippen LogP contribution in [0.3, 0.4) is 0 Å². The maximum atomic E-state index is 6.92. The van der Waals surface area contributed by atoms with Gasteiger partial charge >= 0.3 is 0 Å². The summed E-state index contributed by atoms with van der Waals surface area (Å²) in [5.74, 6) is 2.98. The van der Waals surface area contributed by atoms with Gasteiger partial charge in [-0.2, -0.15) is 0 Å². The minimum Gasteiger partial charge on any atom is -0.485 e. The molecule has 58 heavy (non-hydrogen) atoms. The van der Waals surface area contributed by atoms with Gasteiger partial charge in [0.05, 0.1) is 6.04 Å². The normalized spacial score (nSPS) is 30.2. The first kappa shape index (κ1) is 34.6. The van der Waals surface area contributed by atoms with E-state index in [-0.39, 0.29) is 29.6 Å². The first-order valence-corrected chi connectivity index (χ1v) is 22.0. The van der Waals surface area contributed by atoms with Gasteiger partial charge in [-0.3, -0.25) is 5.32 Å². The minimum absolute atomic E-state index is 0.00249. The van der Waals surface area contributed by atoms with E-state index in [1.807, 2.05) is 0 Å². The number of rotatable bonds is 4. The van der Waals surface area contributed by atoms with Crippen LogP contribution in [0, 0.1) is 23.2 Å². The van der Waals surface area contributed by atoms with Gasteiger partial charge < -0.3 is 10.1 Å². The molecule has 4 aromatic rings. The lowest BCUT2D eigenvalue weighted by Crippen LogP contribution is -2.47. The van der Waals surface area contributed by atoms with Crippen molar-refractivity contribution < 1.29 is 4.74 Å². The second-order valence-electron chi connectivity index (χ2n) is 18.7. The number of fused-ring (bicyclic) bond motifs is 11. The Hall–Kier alpha value is -5.38. The van der Waals surface area contributed by atoms with Gasteiger partial charge in [0.25, 0.3) is 0 Å². The molecular weight excluding hydrogens is 705 g/mol. The summed E-state index contributed by atoms with van der Waals surface area (Å²) in [5.41, 5.74) is 16.7. The fourth-order valence-electron chi connectivity index (χ4n) is 12.7. The molecule has 3 nitrogen and oxygen atoms in total. The van der Waals surface area contributed by atoms with E-state index in [1.54, 1.807) is 11.1 Å². The first-order chi connectivity index (χ1) is 28.5. The molecule has 2 aliphatic heterocycles. The Labute approximate surface area is 343 Å². The van der Waals surface area contributed by atoms with Crippen LogP contribution >= 0.6 is 0 Å². The van der Waals surface area contributed by atoms with Crippen molar-refractivity contribution in [2.45, 2.75) is 82.0 Å². The van der Waals surface area contributed by atoms with Gasteiger partial charge in [-0.15, -0.1) is 0 Å². The molecule has 288 valence electrons. The third-order valence-corrected chi connectivity index (χ3v) is 15.5. The van der Waals surface area contributed by atoms with Crippen molar-refractivity contribution in [2.24, 2.45) is 23.2 Å². The summed E-state index contributed by atoms with van der Waals surface area (Å²) in [5, 5.41) is 7.72. The summed E-state index contributed by atoms with van der Waals surface area (Å²) in [7, 11) is 0. The van der Waals surface area contributed by atoms with E-state index in [4.69, 9.17) is 4.74 Å². The summed E-state index contributed by atoms with van der Waals surface area (Å²) in [6, 6.07) is 35.7. The highest BCUT2D eigenvalue weighted by Crippen LogP contribution is 2.67. The van der Waals surface area contributed by atoms with Crippen LogP contribution in [0.1, 0.15) is 92.3 Å². The number of nitrogens with one attached hydrogen (secondary N) is 2. The van der Waals surface area contributed by atoms with Crippen LogP contribution in [0.4, 0.5) is 0 Å². The molecule has 7 unspecified atom stereocenters. The van der Waals surface area contributed by atoms with E-state index in [2.05, 4.69) is 176 Å². The fraction of sp³-hybridized carbons (Fsp3) is 0.309. The first-order valence-electron chi connectivity index (χ1n) is 22.0. The Bertz CT molecular complexity index is 2560. The highest BCUT2D eigenvalue weighted by Gasteiger charge is 2.58. The molecule has 2 saturated carbocycles. The summed E-state index contributed by atoms with van der Waals surface area (Å²) in [6.07, 6.45) is 30.1. The summed E-state index contributed by atoms with van der Waals surface area (Å²) >= 11 is 0. The average molecular weight is 757 g/mol. The Morgan fingerprint density at radius 3 is 2.33 bits per heavy atom. The predicted octanol–water partition coefficient (Wildman–Crippen LogP) is 12.3. The number of benzene rings is 4. The quantitative estimate of drug-likeness (QED) is 0.218. The topological polar surface area (TPSA) is 33.3 Å². The Morgan fingerprint density at radius 1 is 0.707 bits per heavy atom. The van der Waals surface area contributed by atoms with Gasteiger partial charge in [-0.05, 0) is 111 Å². The molecule has 0 amide bonds. The molecule has 0 bridgehead atoms. The molecule has 2 heterocycles. The molecule has 3 heteroatoms. The van der Waals surface area contributed by atoms with Crippen molar-refractivity contribution in [3.05, 3.63) is 196 Å². The maximum Gasteiger partial charge on any atom is 0.132 e. The lowest BCUT2D eigenvalue weighted by Gasteiger charge is -2.44. The molecular formula is C55H52N2O. The van der Waals surface area contributed by atoms with Crippen LogP contribution < -0.4 is 15.4 Å². The maximum absolute atomic E-state index is 6.92. The average Bonchev–Trinajstić information content (AvgIpc) is 3.86. The van der Waals surface area contributed by atoms with Crippen LogP contribution in [0.15, 0.2) is 168 Å². The second kappa shape index (κ2) is 13.1. The van der Waals surface area contributed by atoms with Crippen LogP contribution in [-0.2, 0) is 5.41 Å². The van der Waals surface area contributed by atoms with Crippen molar-refractivity contribution in [3.8, 4) is 16.9 Å². The Balaban J connectivity index is 0.874. The number of ether oxygens (including phenoxy) is 1. The molecule has 2 N–H and O–H groups in total. The van der Waals surface area contributed by atoms with Crippen molar-refractivity contribution >= 4 is 11.3 Å². The molecule has 7 atom stereocenters. The standard InChI is InChI=1S/C55H52N2O/c1-54(2)45-25-23-36(29-41(45)43-32-48-42(31-47(43)54)38-19-10-11-22-46(38)55(48)27-12-5-13-28-55)37-24-26-51-44(30-37)39-20-14-21-40(52(39)58-51)50-33-49(34-15-6-3-7-16-34)56-53(57-50)35-17-8-4-9-18-35/h3-4,6-11,14-21,23-26,29-33,39,42,46,48,50,52-53,56-57H,5,12-13,22,27-28H2,1-2H3. The van der Waals surface area contributed by atoms with Crippen LogP contribution in [0.5, 0.6) is 5.75 Å². The minimum atomic E-state index is -0.0723. The van der Waals surface area contributed by atoms with Gasteiger partial charge in [0.1, 0.15) is 18.0 Å². The Kier molecular flexibility index (Phi) is 7.80. The zero-order chi connectivity index (χ0) is 38.6. The van der Waals surface area contributed by atoms with Gasteiger partial charge in [0, 0.05) is 28.5 Å². The van der Waals surface area contributed by atoms with E-state index in [9.17, 15) is 0 Å². The smallest absolute Gasteiger partial charge is 0.132 e. The van der Waals surface area contributed by atoms with E-state index in [0.717, 1.165) is 11.4 Å². The molecule has 0 radical (unpaired) electrons. The van der Waals surface area contributed by atoms with Gasteiger partial charge in [0.2, 0.25) is 0 Å². The van der Waals surface area contributed by atoms with E-state index in [0.29, 0.717) is 23.2 Å². The predicted molar refractivity (Wildman–Crippen MR) is 237 cm³/mol. The third-order valence-electron chi connectivity index (χ3n) is 15.5. The lowest BCUT2D eigenvalue weighted by atomic mass is 9.60. The number of allylic oxidation sites excluding steroid dienone is 10. The number of hydrogen-bond donors (Lipinski definition) is 2. The van der Waals surface area contributed by atoms with Crippen LogP contribution in [-0.4, -0.2) is 12.1 Å². The monoisotopic (exact) mass is 756 g/mol. The van der Waals surface area contributed by atoms with E-state index >= 15 is 0 Å². The van der Waals surface area contributed by atoms with Crippen LogP contribution in [0.2, 0.25) is 0 Å². The van der Waals surface area contributed by atoms with E-state index in [1.165, 1.54) is 88.6 Å². The second-order valence-corrected chi connectivity index (χ2v) is 18.7. The van der Waals surface area contributed by atoms with E-state index < -0.39 is 0 Å². The molecule has 12 rings (SSSR count). The van der Waals surface area contributed by atoms with Crippen molar-refractivity contribution in [3.63, 3.8) is 0 Å².